The number of carbonyl (C=O) groups is 2. The molecule has 132 valence electrons. The fraction of sp³-hybridized carbons (Fsp3) is 0.467. The number of carbonyl (C=O) groups excluding carboxylic acids is 1. The first kappa shape index (κ1) is 18.1. The minimum atomic E-state index is -4.60. The van der Waals surface area contributed by atoms with Crippen LogP contribution in [0.3, 0.4) is 0 Å². The molecular weight excluding hydrogens is 331 g/mol. The number of carboxylic acids is 1. The van der Waals surface area contributed by atoms with E-state index in [1.165, 1.54) is 24.0 Å². The summed E-state index contributed by atoms with van der Waals surface area (Å²) in [7, 11) is 0. The first-order valence-electron chi connectivity index (χ1n) is 7.16. The summed E-state index contributed by atoms with van der Waals surface area (Å²) < 4.78 is 49.0. The van der Waals surface area contributed by atoms with E-state index >= 15 is 0 Å². The molecule has 1 saturated heterocycles. The number of carboxylic acid groups (broad SMARTS) is 1. The van der Waals surface area contributed by atoms with Crippen LogP contribution < -0.4 is 4.74 Å². The maximum absolute atomic E-state index is 12.9. The van der Waals surface area contributed by atoms with Crippen LogP contribution in [0.2, 0.25) is 0 Å². The molecule has 1 heterocycles. The van der Waals surface area contributed by atoms with Crippen molar-refractivity contribution in [2.75, 3.05) is 19.7 Å². The van der Waals surface area contributed by atoms with E-state index in [1.807, 2.05) is 0 Å². The minimum absolute atomic E-state index is 0.0363. The number of rotatable bonds is 4. The van der Waals surface area contributed by atoms with Crippen molar-refractivity contribution in [3.05, 3.63) is 29.8 Å². The summed E-state index contributed by atoms with van der Waals surface area (Å²) in [6.45, 7) is 1.33. The van der Waals surface area contributed by atoms with E-state index in [-0.39, 0.29) is 19.7 Å². The lowest BCUT2D eigenvalue weighted by molar-refractivity contribution is -0.161. The molecule has 6 nitrogen and oxygen atoms in total. The number of ether oxygens (including phenoxy) is 2. The molecule has 2 atom stereocenters. The van der Waals surface area contributed by atoms with Crippen LogP contribution in [0.15, 0.2) is 24.3 Å². The zero-order valence-corrected chi connectivity index (χ0v) is 12.7. The topological polar surface area (TPSA) is 76.1 Å². The van der Waals surface area contributed by atoms with Gasteiger partial charge in [-0.3, -0.25) is 4.79 Å². The molecule has 0 spiro atoms. The smallest absolute Gasteiger partial charge is 0.419 e. The monoisotopic (exact) mass is 347 g/mol. The molecule has 1 aromatic rings. The van der Waals surface area contributed by atoms with Crippen LogP contribution in [-0.2, 0) is 20.5 Å². The van der Waals surface area contributed by atoms with Crippen molar-refractivity contribution in [1.82, 2.24) is 4.90 Å². The highest BCUT2D eigenvalue weighted by Crippen LogP contribution is 2.36. The summed E-state index contributed by atoms with van der Waals surface area (Å²) in [4.78, 5) is 24.4. The molecule has 24 heavy (non-hydrogen) atoms. The van der Waals surface area contributed by atoms with Gasteiger partial charge in [0.1, 0.15) is 5.75 Å². The van der Waals surface area contributed by atoms with Gasteiger partial charge in [0.2, 0.25) is 0 Å². The molecule has 1 N–H and O–H groups in total. The van der Waals surface area contributed by atoms with Crippen LogP contribution in [0.5, 0.6) is 5.75 Å². The number of amides is 1. The molecule has 1 aliphatic rings. The Labute approximate surface area is 135 Å². The van der Waals surface area contributed by atoms with Gasteiger partial charge in [0.25, 0.3) is 5.91 Å². The number of halogens is 3. The average Bonchev–Trinajstić information content (AvgIpc) is 2.53. The second kappa shape index (κ2) is 7.08. The normalized spacial score (nSPS) is 19.7. The molecule has 9 heteroatoms. The summed E-state index contributed by atoms with van der Waals surface area (Å²) in [6, 6.07) is 4.59. The number of para-hydroxylation sites is 1. The van der Waals surface area contributed by atoms with E-state index in [1.54, 1.807) is 0 Å². The van der Waals surface area contributed by atoms with Gasteiger partial charge in [0.05, 0.1) is 18.7 Å². The molecule has 0 bridgehead atoms. The first-order chi connectivity index (χ1) is 11.2. The molecule has 1 fully saturated rings. The molecule has 1 aliphatic heterocycles. The molecule has 0 aliphatic carbocycles. The van der Waals surface area contributed by atoms with E-state index in [0.29, 0.717) is 0 Å². The number of alkyl halides is 3. The number of morpholine rings is 1. The van der Waals surface area contributed by atoms with Gasteiger partial charge in [0.15, 0.2) is 12.2 Å². The predicted octanol–water partition coefficient (Wildman–Crippen LogP) is 1.78. The Balaban J connectivity index is 2.09. The number of nitrogens with zero attached hydrogens (tertiary/aromatic N) is 1. The molecule has 1 amide bonds. The van der Waals surface area contributed by atoms with Gasteiger partial charge in [-0.05, 0) is 19.1 Å². The Hall–Kier alpha value is -2.29. The van der Waals surface area contributed by atoms with Crippen molar-refractivity contribution in [2.24, 2.45) is 0 Å². The highest BCUT2D eigenvalue weighted by molar-refractivity contribution is 5.82. The third-order valence-corrected chi connectivity index (χ3v) is 3.50. The van der Waals surface area contributed by atoms with Gasteiger partial charge in [-0.25, -0.2) is 4.79 Å². The second-order valence-corrected chi connectivity index (χ2v) is 5.24. The van der Waals surface area contributed by atoms with Gasteiger partial charge < -0.3 is 19.5 Å². The summed E-state index contributed by atoms with van der Waals surface area (Å²) in [5.74, 6) is -2.25. The zero-order chi connectivity index (χ0) is 17.9. The van der Waals surface area contributed by atoms with Crippen molar-refractivity contribution in [2.45, 2.75) is 25.3 Å². The highest BCUT2D eigenvalue weighted by atomic mass is 19.4. The Morgan fingerprint density at radius 3 is 2.67 bits per heavy atom. The largest absolute Gasteiger partial charge is 0.480 e. The zero-order valence-electron chi connectivity index (χ0n) is 12.7. The third-order valence-electron chi connectivity index (χ3n) is 3.50. The van der Waals surface area contributed by atoms with Gasteiger partial charge >= 0.3 is 12.1 Å². The van der Waals surface area contributed by atoms with Crippen LogP contribution in [-0.4, -0.2) is 53.8 Å². The maximum atomic E-state index is 12.9. The van der Waals surface area contributed by atoms with E-state index in [0.717, 1.165) is 12.1 Å². The predicted molar refractivity (Wildman–Crippen MR) is 75.5 cm³/mol. The second-order valence-electron chi connectivity index (χ2n) is 5.24. The molecule has 0 radical (unpaired) electrons. The molecule has 1 aromatic carbocycles. The van der Waals surface area contributed by atoms with Gasteiger partial charge in [-0.15, -0.1) is 0 Å². The standard InChI is InChI=1S/C15H16F3NO5/c1-9(13(20)19-6-7-23-12(8-19)14(21)22)24-11-5-3-2-4-10(11)15(16,17)18/h2-5,9,12H,6-8H2,1H3,(H,21,22)/t9-,12+/m0/s1. The minimum Gasteiger partial charge on any atom is -0.480 e. The van der Waals surface area contributed by atoms with E-state index in [2.05, 4.69) is 0 Å². The molecule has 0 saturated carbocycles. The van der Waals surface area contributed by atoms with Crippen LogP contribution in [0.1, 0.15) is 12.5 Å². The van der Waals surface area contributed by atoms with Gasteiger partial charge in [-0.1, -0.05) is 12.1 Å². The average molecular weight is 347 g/mol. The van der Waals surface area contributed by atoms with Crippen molar-refractivity contribution in [1.29, 1.82) is 0 Å². The Morgan fingerprint density at radius 2 is 2.04 bits per heavy atom. The quantitative estimate of drug-likeness (QED) is 0.899. The summed E-state index contributed by atoms with van der Waals surface area (Å²) in [5, 5.41) is 8.92. The first-order valence-corrected chi connectivity index (χ1v) is 7.16. The SMILES string of the molecule is C[C@H](Oc1ccccc1C(F)(F)F)C(=O)N1CCO[C@@H](C(=O)O)C1. The number of hydrogen-bond donors (Lipinski definition) is 1. The Bertz CT molecular complexity index is 619. The lowest BCUT2D eigenvalue weighted by Gasteiger charge is -2.32. The molecule has 0 aromatic heterocycles. The maximum Gasteiger partial charge on any atom is 0.419 e. The fourth-order valence-electron chi connectivity index (χ4n) is 2.30. The van der Waals surface area contributed by atoms with E-state index in [9.17, 15) is 22.8 Å². The Kier molecular flexibility index (Phi) is 5.33. The van der Waals surface area contributed by atoms with Crippen molar-refractivity contribution < 1.29 is 37.3 Å². The molecule has 0 unspecified atom stereocenters. The number of benzene rings is 1. The van der Waals surface area contributed by atoms with Crippen LogP contribution in [0, 0.1) is 0 Å². The summed E-state index contributed by atoms with van der Waals surface area (Å²) in [6.07, 6.45) is -6.95. The number of hydrogen-bond acceptors (Lipinski definition) is 4. The summed E-state index contributed by atoms with van der Waals surface area (Å²) in [5.41, 5.74) is -0.977. The van der Waals surface area contributed by atoms with Crippen molar-refractivity contribution >= 4 is 11.9 Å². The lowest BCUT2D eigenvalue weighted by atomic mass is 10.2. The van der Waals surface area contributed by atoms with Crippen LogP contribution >= 0.6 is 0 Å². The van der Waals surface area contributed by atoms with Crippen molar-refractivity contribution in [3.8, 4) is 5.75 Å². The van der Waals surface area contributed by atoms with Gasteiger partial charge in [0, 0.05) is 6.54 Å². The number of aliphatic carboxylic acids is 1. The highest BCUT2D eigenvalue weighted by Gasteiger charge is 2.36. The van der Waals surface area contributed by atoms with Crippen LogP contribution in [0.25, 0.3) is 0 Å². The van der Waals surface area contributed by atoms with Crippen molar-refractivity contribution in [3.63, 3.8) is 0 Å². The third kappa shape index (κ3) is 4.16. The van der Waals surface area contributed by atoms with E-state index in [4.69, 9.17) is 14.6 Å². The summed E-state index contributed by atoms with van der Waals surface area (Å²) >= 11 is 0. The van der Waals surface area contributed by atoms with E-state index < -0.39 is 41.6 Å². The lowest BCUT2D eigenvalue weighted by Crippen LogP contribution is -2.51. The molecular formula is C15H16F3NO5. The van der Waals surface area contributed by atoms with Crippen LogP contribution in [0.4, 0.5) is 13.2 Å². The fourth-order valence-corrected chi connectivity index (χ4v) is 2.30. The van der Waals surface area contributed by atoms with Gasteiger partial charge in [-0.2, -0.15) is 13.2 Å². The molecule has 2 rings (SSSR count). The Morgan fingerprint density at radius 1 is 1.38 bits per heavy atom.